The first-order valence-corrected chi connectivity index (χ1v) is 6.39. The van der Waals surface area contributed by atoms with Crippen LogP contribution >= 0.6 is 43.5 Å². The molecular weight excluding hydrogens is 347 g/mol. The van der Waals surface area contributed by atoms with Gasteiger partial charge in [-0.2, -0.15) is 0 Å². The number of amides is 1. The van der Waals surface area contributed by atoms with Gasteiger partial charge in [0.15, 0.2) is 0 Å². The first-order chi connectivity index (χ1) is 7.04. The fourth-order valence-electron chi connectivity index (χ4n) is 0.896. The highest BCUT2D eigenvalue weighted by Crippen LogP contribution is 2.23. The summed E-state index contributed by atoms with van der Waals surface area (Å²) in [6, 6.07) is 1.71. The highest BCUT2D eigenvalue weighted by atomic mass is 79.9. The number of anilines is 1. The molecule has 1 amide bonds. The van der Waals surface area contributed by atoms with Crippen LogP contribution in [0.1, 0.15) is 13.3 Å². The summed E-state index contributed by atoms with van der Waals surface area (Å²) >= 11 is 12.2. The maximum absolute atomic E-state index is 11.5. The van der Waals surface area contributed by atoms with Crippen LogP contribution in [0.4, 0.5) is 5.69 Å². The summed E-state index contributed by atoms with van der Waals surface area (Å²) in [5.41, 5.74) is 0.620. The number of rotatable bonds is 3. The number of hydrogen-bond donors (Lipinski definition) is 1. The molecule has 1 rings (SSSR count). The average molecular weight is 356 g/mol. The molecule has 0 radical (unpaired) electrons. The molecule has 0 saturated carbocycles. The van der Waals surface area contributed by atoms with Crippen molar-refractivity contribution in [2.75, 3.05) is 5.32 Å². The third-order valence-corrected chi connectivity index (χ3v) is 3.90. The van der Waals surface area contributed by atoms with Gasteiger partial charge in [-0.15, -0.1) is 0 Å². The van der Waals surface area contributed by atoms with Crippen molar-refractivity contribution in [3.8, 4) is 0 Å². The Bertz CT molecular complexity index is 373. The zero-order chi connectivity index (χ0) is 11.4. The molecule has 1 N–H and O–H groups in total. The summed E-state index contributed by atoms with van der Waals surface area (Å²) in [4.78, 5) is 15.2. The van der Waals surface area contributed by atoms with E-state index in [1.54, 1.807) is 6.07 Å². The summed E-state index contributed by atoms with van der Waals surface area (Å²) in [5.74, 6) is -0.0893. The van der Waals surface area contributed by atoms with Crippen LogP contribution < -0.4 is 5.32 Å². The van der Waals surface area contributed by atoms with Crippen LogP contribution in [-0.2, 0) is 4.79 Å². The van der Waals surface area contributed by atoms with Crippen molar-refractivity contribution >= 4 is 55.1 Å². The van der Waals surface area contributed by atoms with Crippen LogP contribution in [0.3, 0.4) is 0 Å². The Morgan fingerprint density at radius 3 is 2.93 bits per heavy atom. The zero-order valence-corrected chi connectivity index (χ0v) is 11.9. The molecule has 1 heterocycles. The highest BCUT2D eigenvalue weighted by molar-refractivity contribution is 9.10. The molecule has 0 aliphatic carbocycles. The number of aromatic nitrogens is 1. The molecule has 3 nitrogen and oxygen atoms in total. The number of nitrogens with one attached hydrogen (secondary N) is 1. The Morgan fingerprint density at radius 1 is 1.73 bits per heavy atom. The third kappa shape index (κ3) is 3.74. The van der Waals surface area contributed by atoms with E-state index in [1.807, 2.05) is 6.92 Å². The first kappa shape index (κ1) is 12.9. The van der Waals surface area contributed by atoms with Crippen molar-refractivity contribution in [1.29, 1.82) is 0 Å². The lowest BCUT2D eigenvalue weighted by atomic mass is 10.3. The summed E-state index contributed by atoms with van der Waals surface area (Å²) in [7, 11) is 0. The van der Waals surface area contributed by atoms with Crippen molar-refractivity contribution in [3.63, 3.8) is 0 Å². The van der Waals surface area contributed by atoms with Crippen molar-refractivity contribution in [2.45, 2.75) is 18.2 Å². The standard InChI is InChI=1S/C9H9Br2ClN2O/c1-2-6(10)9(15)14-5-3-7(11)8(12)13-4-5/h3-4,6H,2H2,1H3,(H,14,15). The molecule has 0 bridgehead atoms. The third-order valence-electron chi connectivity index (χ3n) is 1.71. The van der Waals surface area contributed by atoms with Gasteiger partial charge in [-0.1, -0.05) is 34.5 Å². The van der Waals surface area contributed by atoms with Crippen LogP contribution in [0.2, 0.25) is 5.15 Å². The number of carbonyl (C=O) groups excluding carboxylic acids is 1. The number of pyridine rings is 1. The zero-order valence-electron chi connectivity index (χ0n) is 7.93. The number of hydrogen-bond acceptors (Lipinski definition) is 2. The predicted octanol–water partition coefficient (Wildman–Crippen LogP) is 3.61. The molecule has 0 aliphatic heterocycles. The second kappa shape index (κ2) is 5.82. The van der Waals surface area contributed by atoms with E-state index in [9.17, 15) is 4.79 Å². The fraction of sp³-hybridized carbons (Fsp3) is 0.333. The Kier molecular flexibility index (Phi) is 5.02. The lowest BCUT2D eigenvalue weighted by Gasteiger charge is -2.08. The number of alkyl halides is 1. The SMILES string of the molecule is CCC(Br)C(=O)Nc1cnc(Cl)c(Br)c1. The average Bonchev–Trinajstić information content (AvgIpc) is 2.22. The van der Waals surface area contributed by atoms with E-state index in [1.165, 1.54) is 6.20 Å². The number of halogens is 3. The molecule has 15 heavy (non-hydrogen) atoms. The van der Waals surface area contributed by atoms with Crippen LogP contribution in [0.5, 0.6) is 0 Å². The molecule has 1 unspecified atom stereocenters. The van der Waals surface area contributed by atoms with E-state index in [0.29, 0.717) is 15.3 Å². The monoisotopic (exact) mass is 354 g/mol. The maximum atomic E-state index is 11.5. The Balaban J connectivity index is 2.73. The van der Waals surface area contributed by atoms with Gasteiger partial charge in [0, 0.05) is 0 Å². The van der Waals surface area contributed by atoms with E-state index in [-0.39, 0.29) is 10.7 Å². The molecule has 0 aromatic carbocycles. The second-order valence-electron chi connectivity index (χ2n) is 2.86. The fourth-order valence-corrected chi connectivity index (χ4v) is 1.46. The van der Waals surface area contributed by atoms with Crippen LogP contribution in [0, 0.1) is 0 Å². The van der Waals surface area contributed by atoms with Gasteiger partial charge in [-0.3, -0.25) is 4.79 Å². The smallest absolute Gasteiger partial charge is 0.238 e. The largest absolute Gasteiger partial charge is 0.324 e. The summed E-state index contributed by atoms with van der Waals surface area (Å²) in [6.07, 6.45) is 2.24. The topological polar surface area (TPSA) is 42.0 Å². The van der Waals surface area contributed by atoms with Gasteiger partial charge in [-0.05, 0) is 28.4 Å². The van der Waals surface area contributed by atoms with Gasteiger partial charge in [-0.25, -0.2) is 4.98 Å². The second-order valence-corrected chi connectivity index (χ2v) is 5.18. The van der Waals surface area contributed by atoms with E-state index in [0.717, 1.165) is 6.42 Å². The van der Waals surface area contributed by atoms with E-state index in [2.05, 4.69) is 42.2 Å². The number of carbonyl (C=O) groups is 1. The minimum Gasteiger partial charge on any atom is -0.324 e. The molecule has 0 saturated heterocycles. The van der Waals surface area contributed by atoms with Crippen LogP contribution in [0.15, 0.2) is 16.7 Å². The molecule has 0 spiro atoms. The molecule has 0 aliphatic rings. The van der Waals surface area contributed by atoms with Crippen molar-refractivity contribution in [2.24, 2.45) is 0 Å². The quantitative estimate of drug-likeness (QED) is 0.664. The Labute approximate surface area is 110 Å². The summed E-state index contributed by atoms with van der Waals surface area (Å²) in [6.45, 7) is 1.93. The van der Waals surface area contributed by atoms with Crippen LogP contribution in [0.25, 0.3) is 0 Å². The van der Waals surface area contributed by atoms with Gasteiger partial charge in [0.1, 0.15) is 5.15 Å². The molecule has 1 aromatic heterocycles. The van der Waals surface area contributed by atoms with E-state index >= 15 is 0 Å². The normalized spacial score (nSPS) is 12.3. The Hall–Kier alpha value is -0.130. The lowest BCUT2D eigenvalue weighted by molar-refractivity contribution is -0.115. The van der Waals surface area contributed by atoms with Crippen molar-refractivity contribution in [3.05, 3.63) is 21.9 Å². The summed E-state index contributed by atoms with van der Waals surface area (Å²) < 4.78 is 0.657. The molecule has 1 aromatic rings. The maximum Gasteiger partial charge on any atom is 0.238 e. The van der Waals surface area contributed by atoms with Gasteiger partial charge < -0.3 is 5.32 Å². The molecule has 1 atom stereocenters. The minimum atomic E-state index is -0.188. The van der Waals surface area contributed by atoms with Gasteiger partial charge in [0.05, 0.1) is 21.2 Å². The summed E-state index contributed by atoms with van der Waals surface area (Å²) in [5, 5.41) is 3.10. The molecule has 6 heteroatoms. The van der Waals surface area contributed by atoms with Gasteiger partial charge in [0.25, 0.3) is 0 Å². The van der Waals surface area contributed by atoms with Crippen LogP contribution in [-0.4, -0.2) is 15.7 Å². The molecule has 82 valence electrons. The Morgan fingerprint density at radius 2 is 2.40 bits per heavy atom. The first-order valence-electron chi connectivity index (χ1n) is 4.30. The van der Waals surface area contributed by atoms with E-state index in [4.69, 9.17) is 11.6 Å². The van der Waals surface area contributed by atoms with Crippen molar-refractivity contribution < 1.29 is 4.79 Å². The van der Waals surface area contributed by atoms with Gasteiger partial charge in [0.2, 0.25) is 5.91 Å². The van der Waals surface area contributed by atoms with E-state index < -0.39 is 0 Å². The molecular formula is C9H9Br2ClN2O. The minimum absolute atomic E-state index is 0.0893. The highest BCUT2D eigenvalue weighted by Gasteiger charge is 2.12. The molecule has 0 fully saturated rings. The lowest BCUT2D eigenvalue weighted by Crippen LogP contribution is -2.22. The van der Waals surface area contributed by atoms with Gasteiger partial charge >= 0.3 is 0 Å². The number of nitrogens with zero attached hydrogens (tertiary/aromatic N) is 1. The predicted molar refractivity (Wildman–Crippen MR) is 68.6 cm³/mol. The van der Waals surface area contributed by atoms with Crippen molar-refractivity contribution in [1.82, 2.24) is 4.98 Å².